The molecule has 1 unspecified atom stereocenters. The molecular weight excluding hydrogens is 345 g/mol. The predicted molar refractivity (Wildman–Crippen MR) is 90.8 cm³/mol. The van der Waals surface area contributed by atoms with Gasteiger partial charge in [0.2, 0.25) is 5.91 Å². The van der Waals surface area contributed by atoms with Crippen molar-refractivity contribution in [2.24, 2.45) is 0 Å². The number of hydrogen-bond donors (Lipinski definition) is 0. The normalized spacial score (nSPS) is 12.4. The monoisotopic (exact) mass is 361 g/mol. The number of hydrogen-bond acceptors (Lipinski definition) is 1. The van der Waals surface area contributed by atoms with Gasteiger partial charge in [0.25, 0.3) is 0 Å². The molecule has 0 aliphatic carbocycles. The smallest absolute Gasteiger partial charge is 0.246 e. The summed E-state index contributed by atoms with van der Waals surface area (Å²) in [7, 11) is 1.74. The van der Waals surface area contributed by atoms with Crippen LogP contribution in [0.1, 0.15) is 24.1 Å². The first-order chi connectivity index (χ1) is 10.5. The first-order valence-corrected chi connectivity index (χ1v) is 7.73. The van der Waals surface area contributed by atoms with Gasteiger partial charge < -0.3 is 4.90 Å². The Balaban J connectivity index is 2.08. The van der Waals surface area contributed by atoms with Gasteiger partial charge in [0.1, 0.15) is 5.82 Å². The van der Waals surface area contributed by atoms with E-state index >= 15 is 0 Å². The van der Waals surface area contributed by atoms with Gasteiger partial charge in [-0.1, -0.05) is 46.3 Å². The van der Waals surface area contributed by atoms with E-state index in [9.17, 15) is 9.18 Å². The minimum absolute atomic E-state index is 0.104. The number of rotatable bonds is 4. The molecule has 0 aliphatic rings. The number of benzene rings is 2. The van der Waals surface area contributed by atoms with E-state index in [0.29, 0.717) is 0 Å². The van der Waals surface area contributed by atoms with Crippen LogP contribution in [0.15, 0.2) is 59.1 Å². The van der Waals surface area contributed by atoms with Crippen LogP contribution in [-0.4, -0.2) is 17.9 Å². The molecule has 4 heteroatoms. The first kappa shape index (κ1) is 16.4. The SMILES string of the molecule is CC(c1ccc(F)cc1)N(C)C(=O)/C=C/c1ccccc1Br. The fraction of sp³-hybridized carbons (Fsp3) is 0.167. The fourth-order valence-electron chi connectivity index (χ4n) is 2.04. The van der Waals surface area contributed by atoms with E-state index in [4.69, 9.17) is 0 Å². The van der Waals surface area contributed by atoms with E-state index in [2.05, 4.69) is 15.9 Å². The first-order valence-electron chi connectivity index (χ1n) is 6.94. The average molecular weight is 362 g/mol. The van der Waals surface area contributed by atoms with Gasteiger partial charge in [-0.05, 0) is 42.3 Å². The molecule has 0 aromatic heterocycles. The number of carbonyl (C=O) groups is 1. The van der Waals surface area contributed by atoms with Crippen molar-refractivity contribution in [3.63, 3.8) is 0 Å². The Bertz CT molecular complexity index is 682. The lowest BCUT2D eigenvalue weighted by atomic mass is 10.1. The van der Waals surface area contributed by atoms with E-state index in [0.717, 1.165) is 15.6 Å². The molecule has 0 N–H and O–H groups in total. The summed E-state index contributed by atoms with van der Waals surface area (Å²) >= 11 is 3.44. The molecule has 2 nitrogen and oxygen atoms in total. The number of halogens is 2. The Hall–Kier alpha value is -1.94. The van der Waals surface area contributed by atoms with E-state index < -0.39 is 0 Å². The van der Waals surface area contributed by atoms with Gasteiger partial charge in [-0.3, -0.25) is 4.79 Å². The number of nitrogens with zero attached hydrogens (tertiary/aromatic N) is 1. The van der Waals surface area contributed by atoms with E-state index in [1.165, 1.54) is 12.1 Å². The van der Waals surface area contributed by atoms with Crippen LogP contribution in [0.4, 0.5) is 4.39 Å². The third-order valence-corrected chi connectivity index (χ3v) is 4.31. The quantitative estimate of drug-likeness (QED) is 0.714. The highest BCUT2D eigenvalue weighted by atomic mass is 79.9. The van der Waals surface area contributed by atoms with Crippen molar-refractivity contribution in [2.75, 3.05) is 7.05 Å². The number of amides is 1. The molecule has 2 aromatic carbocycles. The molecule has 0 aliphatic heterocycles. The van der Waals surface area contributed by atoms with Gasteiger partial charge in [-0.2, -0.15) is 0 Å². The summed E-state index contributed by atoms with van der Waals surface area (Å²) in [5.74, 6) is -0.383. The highest BCUT2D eigenvalue weighted by Crippen LogP contribution is 2.20. The summed E-state index contributed by atoms with van der Waals surface area (Å²) in [5.41, 5.74) is 1.84. The highest BCUT2D eigenvalue weighted by molar-refractivity contribution is 9.10. The van der Waals surface area contributed by atoms with E-state index in [1.807, 2.05) is 31.2 Å². The molecule has 2 rings (SSSR count). The summed E-state index contributed by atoms with van der Waals surface area (Å²) in [4.78, 5) is 13.9. The molecule has 0 saturated heterocycles. The van der Waals surface area contributed by atoms with Gasteiger partial charge >= 0.3 is 0 Å². The minimum atomic E-state index is -0.279. The second kappa shape index (κ2) is 7.36. The van der Waals surface area contributed by atoms with Crippen molar-refractivity contribution in [1.29, 1.82) is 0 Å². The van der Waals surface area contributed by atoms with Crippen LogP contribution in [0.25, 0.3) is 6.08 Å². The molecule has 22 heavy (non-hydrogen) atoms. The van der Waals surface area contributed by atoms with Gasteiger partial charge in [0.15, 0.2) is 0 Å². The highest BCUT2D eigenvalue weighted by Gasteiger charge is 2.15. The predicted octanol–water partition coefficient (Wildman–Crippen LogP) is 4.82. The van der Waals surface area contributed by atoms with Crippen molar-refractivity contribution in [1.82, 2.24) is 4.90 Å². The summed E-state index contributed by atoms with van der Waals surface area (Å²) in [6, 6.07) is 13.8. The van der Waals surface area contributed by atoms with Crippen LogP contribution in [0.5, 0.6) is 0 Å². The maximum absolute atomic E-state index is 13.0. The minimum Gasteiger partial charge on any atom is -0.335 e. The van der Waals surface area contributed by atoms with Crippen molar-refractivity contribution < 1.29 is 9.18 Å². The average Bonchev–Trinajstić information content (AvgIpc) is 2.53. The third-order valence-electron chi connectivity index (χ3n) is 3.59. The Labute approximate surface area is 138 Å². The largest absolute Gasteiger partial charge is 0.335 e. The Morgan fingerprint density at radius 1 is 1.18 bits per heavy atom. The van der Waals surface area contributed by atoms with Crippen LogP contribution in [0, 0.1) is 5.82 Å². The Kier molecular flexibility index (Phi) is 5.50. The molecule has 0 spiro atoms. The van der Waals surface area contributed by atoms with Crippen molar-refractivity contribution in [3.8, 4) is 0 Å². The number of likely N-dealkylation sites (N-methyl/N-ethyl adjacent to an activating group) is 1. The molecule has 0 bridgehead atoms. The van der Waals surface area contributed by atoms with Crippen LogP contribution in [-0.2, 0) is 4.79 Å². The molecule has 1 atom stereocenters. The lowest BCUT2D eigenvalue weighted by Crippen LogP contribution is -2.27. The van der Waals surface area contributed by atoms with Gasteiger partial charge in [0, 0.05) is 17.6 Å². The zero-order valence-corrected chi connectivity index (χ0v) is 14.0. The summed E-state index contributed by atoms with van der Waals surface area (Å²) in [5, 5.41) is 0. The molecule has 0 radical (unpaired) electrons. The summed E-state index contributed by atoms with van der Waals surface area (Å²) in [6.45, 7) is 1.91. The zero-order valence-electron chi connectivity index (χ0n) is 12.5. The summed E-state index contributed by atoms with van der Waals surface area (Å²) < 4.78 is 13.9. The molecule has 2 aromatic rings. The molecule has 1 amide bonds. The molecule has 0 heterocycles. The molecular formula is C18H17BrFNO. The van der Waals surface area contributed by atoms with E-state index in [-0.39, 0.29) is 17.8 Å². The topological polar surface area (TPSA) is 20.3 Å². The number of carbonyl (C=O) groups excluding carboxylic acids is 1. The van der Waals surface area contributed by atoms with Gasteiger partial charge in [0.05, 0.1) is 6.04 Å². The lowest BCUT2D eigenvalue weighted by molar-refractivity contribution is -0.126. The summed E-state index contributed by atoms with van der Waals surface area (Å²) in [6.07, 6.45) is 3.32. The standard InChI is InChI=1S/C18H17BrFNO/c1-13(14-7-10-16(20)11-8-14)21(2)18(22)12-9-15-5-3-4-6-17(15)19/h3-13H,1-2H3/b12-9+. The molecule has 0 saturated carbocycles. The fourth-order valence-corrected chi connectivity index (χ4v) is 2.46. The van der Waals surface area contributed by atoms with E-state index in [1.54, 1.807) is 36.2 Å². The second-order valence-corrected chi connectivity index (χ2v) is 5.89. The van der Waals surface area contributed by atoms with Crippen molar-refractivity contribution in [2.45, 2.75) is 13.0 Å². The van der Waals surface area contributed by atoms with Gasteiger partial charge in [-0.25, -0.2) is 4.39 Å². The lowest BCUT2D eigenvalue weighted by Gasteiger charge is -2.24. The van der Waals surface area contributed by atoms with Crippen LogP contribution >= 0.6 is 15.9 Å². The maximum Gasteiger partial charge on any atom is 0.246 e. The second-order valence-electron chi connectivity index (χ2n) is 5.03. The van der Waals surface area contributed by atoms with Crippen molar-refractivity contribution >= 4 is 27.9 Å². The van der Waals surface area contributed by atoms with Crippen LogP contribution in [0.2, 0.25) is 0 Å². The van der Waals surface area contributed by atoms with Crippen molar-refractivity contribution in [3.05, 3.63) is 76.0 Å². The van der Waals surface area contributed by atoms with Crippen LogP contribution in [0.3, 0.4) is 0 Å². The Morgan fingerprint density at radius 3 is 2.45 bits per heavy atom. The third kappa shape index (κ3) is 4.04. The van der Waals surface area contributed by atoms with Gasteiger partial charge in [-0.15, -0.1) is 0 Å². The maximum atomic E-state index is 13.0. The Morgan fingerprint density at radius 2 is 1.82 bits per heavy atom. The van der Waals surface area contributed by atoms with Crippen LogP contribution < -0.4 is 0 Å². The molecule has 0 fully saturated rings. The zero-order chi connectivity index (χ0) is 16.1. The molecule has 114 valence electrons.